The maximum Gasteiger partial charge on any atom is 0.275 e. The maximum atomic E-state index is 13.0. The van der Waals surface area contributed by atoms with Crippen molar-refractivity contribution in [2.75, 3.05) is 13.6 Å². The second kappa shape index (κ2) is 7.28. The minimum absolute atomic E-state index is 0.0384. The van der Waals surface area contributed by atoms with Gasteiger partial charge in [0.1, 0.15) is 16.9 Å². The van der Waals surface area contributed by atoms with Gasteiger partial charge in [0.05, 0.1) is 0 Å². The molecule has 1 aliphatic heterocycles. The molecule has 0 spiro atoms. The third-order valence-corrected chi connectivity index (χ3v) is 5.74. The number of hydrogen-bond donors (Lipinski definition) is 2. The second-order valence-corrected chi connectivity index (χ2v) is 7.72. The van der Waals surface area contributed by atoms with Gasteiger partial charge in [0.25, 0.3) is 11.8 Å². The van der Waals surface area contributed by atoms with Crippen LogP contribution >= 0.6 is 11.3 Å². The van der Waals surface area contributed by atoms with Gasteiger partial charge in [-0.15, -0.1) is 11.3 Å². The van der Waals surface area contributed by atoms with E-state index in [1.54, 1.807) is 19.2 Å². The van der Waals surface area contributed by atoms with Crippen LogP contribution in [0.5, 0.6) is 5.75 Å². The van der Waals surface area contributed by atoms with Crippen LogP contribution in [0.1, 0.15) is 43.3 Å². The van der Waals surface area contributed by atoms with Gasteiger partial charge in [-0.1, -0.05) is 12.1 Å². The van der Waals surface area contributed by atoms with Crippen LogP contribution in [0, 0.1) is 12.7 Å². The maximum absolute atomic E-state index is 13.0. The number of halogens is 1. The molecule has 4 rings (SSSR count). The van der Waals surface area contributed by atoms with Crippen molar-refractivity contribution >= 4 is 23.2 Å². The number of thiazole rings is 1. The lowest BCUT2D eigenvalue weighted by atomic mass is 10.1. The highest BCUT2D eigenvalue weighted by atomic mass is 32.1. The number of amides is 2. The molecule has 29 heavy (non-hydrogen) atoms. The van der Waals surface area contributed by atoms with Gasteiger partial charge >= 0.3 is 0 Å². The molecule has 0 bridgehead atoms. The quantitative estimate of drug-likeness (QED) is 0.680. The summed E-state index contributed by atoms with van der Waals surface area (Å²) >= 11 is 1.43. The number of carbonyl (C=O) groups excluding carboxylic acids is 2. The number of fused-ring (bicyclic) bond motifs is 1. The first-order valence-corrected chi connectivity index (χ1v) is 9.74. The molecule has 0 radical (unpaired) electrons. The van der Waals surface area contributed by atoms with Gasteiger partial charge in [-0.25, -0.2) is 14.1 Å². The van der Waals surface area contributed by atoms with Crippen molar-refractivity contribution in [1.82, 2.24) is 25.0 Å². The Bertz CT molecular complexity index is 1090. The molecule has 1 aliphatic rings. The summed E-state index contributed by atoms with van der Waals surface area (Å²) in [5, 5.41) is 20.1. The monoisotopic (exact) mass is 415 g/mol. The molecule has 1 aromatic carbocycles. The summed E-state index contributed by atoms with van der Waals surface area (Å²) in [6.45, 7) is 2.33. The van der Waals surface area contributed by atoms with Crippen LogP contribution in [-0.2, 0) is 6.54 Å². The standard InChI is InChI=1S/C19H18FN5O3S/c1-10-9-29-18(22-10)13-8-24(2)19(28)15-16(26)14(23-25(13)15)17(27)21-7-11-3-5-12(20)6-4-11/h3-6,9,13,26H,7-8H2,1-2H3,(H,21,27). The fraction of sp³-hybridized carbons (Fsp3) is 0.263. The Balaban J connectivity index is 1.64. The number of aromatic nitrogens is 3. The summed E-state index contributed by atoms with van der Waals surface area (Å²) in [7, 11) is 1.63. The van der Waals surface area contributed by atoms with Gasteiger partial charge in [-0.2, -0.15) is 5.10 Å². The zero-order valence-corrected chi connectivity index (χ0v) is 16.5. The topological polar surface area (TPSA) is 100 Å². The van der Waals surface area contributed by atoms with E-state index in [2.05, 4.69) is 15.4 Å². The van der Waals surface area contributed by atoms with Crippen molar-refractivity contribution in [3.05, 3.63) is 63.1 Å². The molecule has 3 aromatic rings. The highest BCUT2D eigenvalue weighted by Gasteiger charge is 2.38. The zero-order chi connectivity index (χ0) is 20.7. The summed E-state index contributed by atoms with van der Waals surface area (Å²) in [6, 6.07) is 5.29. The lowest BCUT2D eigenvalue weighted by molar-refractivity contribution is 0.0719. The molecule has 0 saturated carbocycles. The summed E-state index contributed by atoms with van der Waals surface area (Å²) in [6.07, 6.45) is 0. The molecule has 150 valence electrons. The molecule has 1 unspecified atom stereocenters. The van der Waals surface area contributed by atoms with Crippen molar-refractivity contribution in [2.45, 2.75) is 19.5 Å². The van der Waals surface area contributed by atoms with Crippen molar-refractivity contribution in [3.63, 3.8) is 0 Å². The van der Waals surface area contributed by atoms with E-state index in [1.807, 2.05) is 12.3 Å². The Labute approximate surface area is 169 Å². The van der Waals surface area contributed by atoms with Gasteiger partial charge in [0, 0.05) is 31.2 Å². The first-order valence-electron chi connectivity index (χ1n) is 8.86. The fourth-order valence-electron chi connectivity index (χ4n) is 3.18. The van der Waals surface area contributed by atoms with E-state index in [9.17, 15) is 19.1 Å². The molecule has 10 heteroatoms. The van der Waals surface area contributed by atoms with Gasteiger partial charge in [-0.05, 0) is 24.6 Å². The van der Waals surface area contributed by atoms with Crippen LogP contribution in [-0.4, -0.2) is 50.2 Å². The third-order valence-electron chi connectivity index (χ3n) is 4.68. The summed E-state index contributed by atoms with van der Waals surface area (Å²) < 4.78 is 14.4. The number of benzene rings is 1. The predicted molar refractivity (Wildman–Crippen MR) is 103 cm³/mol. The molecule has 2 aromatic heterocycles. The Morgan fingerprint density at radius 3 is 2.76 bits per heavy atom. The Morgan fingerprint density at radius 1 is 1.38 bits per heavy atom. The van der Waals surface area contributed by atoms with Crippen molar-refractivity contribution in [2.24, 2.45) is 0 Å². The summed E-state index contributed by atoms with van der Waals surface area (Å²) in [5.74, 6) is -1.88. The molecule has 3 heterocycles. The van der Waals surface area contributed by atoms with Gasteiger partial charge in [0.15, 0.2) is 17.1 Å². The normalized spacial score (nSPS) is 16.0. The van der Waals surface area contributed by atoms with E-state index in [1.165, 1.54) is 33.1 Å². The highest BCUT2D eigenvalue weighted by molar-refractivity contribution is 7.09. The van der Waals surface area contributed by atoms with E-state index in [-0.39, 0.29) is 23.7 Å². The van der Waals surface area contributed by atoms with E-state index in [4.69, 9.17) is 0 Å². The van der Waals surface area contributed by atoms with E-state index >= 15 is 0 Å². The molecular weight excluding hydrogens is 397 g/mol. The first-order chi connectivity index (χ1) is 13.8. The molecular formula is C19H18FN5O3S. The predicted octanol–water partition coefficient (Wildman–Crippen LogP) is 2.10. The average molecular weight is 415 g/mol. The van der Waals surface area contributed by atoms with Crippen LogP contribution in [0.15, 0.2) is 29.6 Å². The van der Waals surface area contributed by atoms with Crippen molar-refractivity contribution in [1.29, 1.82) is 0 Å². The molecule has 2 amide bonds. The molecule has 2 N–H and O–H groups in total. The van der Waals surface area contributed by atoms with Crippen molar-refractivity contribution in [3.8, 4) is 5.75 Å². The molecule has 0 aliphatic carbocycles. The number of carbonyl (C=O) groups is 2. The van der Waals surface area contributed by atoms with Gasteiger partial charge in [0.2, 0.25) is 0 Å². The Kier molecular flexibility index (Phi) is 4.79. The van der Waals surface area contributed by atoms with E-state index in [0.29, 0.717) is 12.1 Å². The smallest absolute Gasteiger partial charge is 0.275 e. The van der Waals surface area contributed by atoms with Crippen LogP contribution < -0.4 is 5.32 Å². The van der Waals surface area contributed by atoms with Crippen LogP contribution in [0.2, 0.25) is 0 Å². The first kappa shape index (κ1) is 19.1. The van der Waals surface area contributed by atoms with E-state index < -0.39 is 23.6 Å². The van der Waals surface area contributed by atoms with E-state index in [0.717, 1.165) is 10.7 Å². The summed E-state index contributed by atoms with van der Waals surface area (Å²) in [4.78, 5) is 31.1. The molecule has 0 fully saturated rings. The third kappa shape index (κ3) is 3.46. The zero-order valence-electron chi connectivity index (χ0n) is 15.7. The van der Waals surface area contributed by atoms with Gasteiger partial charge < -0.3 is 15.3 Å². The average Bonchev–Trinajstić information content (AvgIpc) is 3.28. The summed E-state index contributed by atoms with van der Waals surface area (Å²) in [5.41, 5.74) is 1.27. The second-order valence-electron chi connectivity index (χ2n) is 6.83. The number of aromatic hydroxyl groups is 1. The Morgan fingerprint density at radius 2 is 2.10 bits per heavy atom. The number of aryl methyl sites for hydroxylation is 1. The van der Waals surface area contributed by atoms with Crippen LogP contribution in [0.3, 0.4) is 0 Å². The minimum Gasteiger partial charge on any atom is -0.504 e. The molecule has 1 atom stereocenters. The minimum atomic E-state index is -0.627. The largest absolute Gasteiger partial charge is 0.504 e. The number of nitrogens with one attached hydrogen (secondary N) is 1. The molecule has 0 saturated heterocycles. The van der Waals surface area contributed by atoms with Crippen LogP contribution in [0.25, 0.3) is 0 Å². The molecule has 8 nitrogen and oxygen atoms in total. The number of hydrogen-bond acceptors (Lipinski definition) is 6. The Hall–Kier alpha value is -3.27. The highest BCUT2D eigenvalue weighted by Crippen LogP contribution is 2.34. The number of nitrogens with zero attached hydrogens (tertiary/aromatic N) is 4. The van der Waals surface area contributed by atoms with Crippen LogP contribution in [0.4, 0.5) is 4.39 Å². The van der Waals surface area contributed by atoms with Crippen molar-refractivity contribution < 1.29 is 19.1 Å². The van der Waals surface area contributed by atoms with Gasteiger partial charge in [-0.3, -0.25) is 9.59 Å². The lowest BCUT2D eigenvalue weighted by Gasteiger charge is -2.29. The number of likely N-dealkylation sites (N-methyl/N-ethyl adjacent to an activating group) is 1. The lowest BCUT2D eigenvalue weighted by Crippen LogP contribution is -2.41. The fourth-order valence-corrected chi connectivity index (χ4v) is 4.05. The SMILES string of the molecule is Cc1csc(C2CN(C)C(=O)c3c(O)c(C(=O)NCc4ccc(F)cc4)nn32)n1. The number of rotatable bonds is 4.